The van der Waals surface area contributed by atoms with E-state index < -0.39 is 0 Å². The molecule has 4 heteroatoms. The van der Waals surface area contributed by atoms with Gasteiger partial charge in [0.25, 0.3) is 0 Å². The quantitative estimate of drug-likeness (QED) is 0.674. The standard InChI is InChI=1S/C22H25BrN2O/c23-18-9-7-15(8-10-18)14-1-5-17(6-2-14)22(26)21-20(16-3-4-16)12-11-19(13-24)25-21/h7-12,14,16-17H,1-6,13,24H2. The maximum atomic E-state index is 13.2. The Balaban J connectivity index is 1.47. The summed E-state index contributed by atoms with van der Waals surface area (Å²) in [4.78, 5) is 17.8. The summed E-state index contributed by atoms with van der Waals surface area (Å²) < 4.78 is 1.11. The summed E-state index contributed by atoms with van der Waals surface area (Å²) in [5, 5.41) is 0. The molecule has 2 aromatic rings. The number of aromatic nitrogens is 1. The number of ketones is 1. The lowest BCUT2D eigenvalue weighted by molar-refractivity contribution is 0.0877. The summed E-state index contributed by atoms with van der Waals surface area (Å²) in [6.45, 7) is 0.390. The average molecular weight is 413 g/mol. The molecule has 0 spiro atoms. The highest BCUT2D eigenvalue weighted by molar-refractivity contribution is 9.10. The molecule has 2 N–H and O–H groups in total. The van der Waals surface area contributed by atoms with E-state index in [-0.39, 0.29) is 11.7 Å². The Morgan fingerprint density at radius 3 is 2.23 bits per heavy atom. The van der Waals surface area contributed by atoms with Crippen LogP contribution in [0.15, 0.2) is 40.9 Å². The third-order valence-electron chi connectivity index (χ3n) is 5.88. The van der Waals surface area contributed by atoms with Gasteiger partial charge in [0, 0.05) is 16.9 Å². The minimum absolute atomic E-state index is 0.111. The molecule has 2 aliphatic rings. The highest BCUT2D eigenvalue weighted by atomic mass is 79.9. The van der Waals surface area contributed by atoms with Gasteiger partial charge in [-0.15, -0.1) is 0 Å². The van der Waals surface area contributed by atoms with Gasteiger partial charge in [0.15, 0.2) is 5.78 Å². The van der Waals surface area contributed by atoms with E-state index in [0.29, 0.717) is 24.1 Å². The number of carbonyl (C=O) groups is 1. The number of benzene rings is 1. The van der Waals surface area contributed by atoms with Crippen molar-refractivity contribution in [3.05, 3.63) is 63.4 Å². The zero-order valence-electron chi connectivity index (χ0n) is 15.0. The van der Waals surface area contributed by atoms with Crippen molar-refractivity contribution >= 4 is 21.7 Å². The predicted octanol–water partition coefficient (Wildman–Crippen LogP) is 5.34. The molecular weight excluding hydrogens is 388 g/mol. The van der Waals surface area contributed by atoms with Crippen LogP contribution in [-0.2, 0) is 6.54 Å². The molecule has 1 heterocycles. The van der Waals surface area contributed by atoms with Crippen LogP contribution in [0.25, 0.3) is 0 Å². The molecule has 0 atom stereocenters. The van der Waals surface area contributed by atoms with Gasteiger partial charge in [0.1, 0.15) is 5.69 Å². The van der Waals surface area contributed by atoms with E-state index in [0.717, 1.165) is 41.4 Å². The average Bonchev–Trinajstić information content (AvgIpc) is 3.53. The molecular formula is C22H25BrN2O. The smallest absolute Gasteiger partial charge is 0.184 e. The van der Waals surface area contributed by atoms with E-state index in [1.165, 1.54) is 18.4 Å². The number of Topliss-reactive ketones (excluding diaryl/α,β-unsaturated/α-hetero) is 1. The SMILES string of the molecule is NCc1ccc(C2CC2)c(C(=O)C2CCC(c3ccc(Br)cc3)CC2)n1. The maximum absolute atomic E-state index is 13.2. The Bertz CT molecular complexity index is 790. The molecule has 1 aromatic heterocycles. The molecule has 0 radical (unpaired) electrons. The first-order valence-electron chi connectivity index (χ1n) is 9.65. The Morgan fingerprint density at radius 2 is 1.62 bits per heavy atom. The second-order valence-electron chi connectivity index (χ2n) is 7.68. The molecule has 3 nitrogen and oxygen atoms in total. The van der Waals surface area contributed by atoms with Crippen molar-refractivity contribution in [2.75, 3.05) is 0 Å². The van der Waals surface area contributed by atoms with Crippen molar-refractivity contribution in [1.29, 1.82) is 0 Å². The molecule has 26 heavy (non-hydrogen) atoms. The van der Waals surface area contributed by atoms with Crippen LogP contribution in [0.2, 0.25) is 0 Å². The minimum Gasteiger partial charge on any atom is -0.325 e. The largest absolute Gasteiger partial charge is 0.325 e. The molecule has 2 fully saturated rings. The van der Waals surface area contributed by atoms with Crippen LogP contribution in [0.4, 0.5) is 0 Å². The zero-order chi connectivity index (χ0) is 18.1. The first-order valence-corrected chi connectivity index (χ1v) is 10.4. The summed E-state index contributed by atoms with van der Waals surface area (Å²) in [5.74, 6) is 1.46. The third-order valence-corrected chi connectivity index (χ3v) is 6.41. The van der Waals surface area contributed by atoms with Crippen molar-refractivity contribution < 1.29 is 4.79 Å². The predicted molar refractivity (Wildman–Crippen MR) is 107 cm³/mol. The van der Waals surface area contributed by atoms with Gasteiger partial charge in [-0.25, -0.2) is 4.98 Å². The van der Waals surface area contributed by atoms with Gasteiger partial charge < -0.3 is 5.73 Å². The molecule has 2 aliphatic carbocycles. The van der Waals surface area contributed by atoms with Crippen molar-refractivity contribution in [2.45, 2.75) is 56.9 Å². The van der Waals surface area contributed by atoms with Gasteiger partial charge in [-0.1, -0.05) is 34.1 Å². The number of carbonyl (C=O) groups excluding carboxylic acids is 1. The molecule has 0 amide bonds. The van der Waals surface area contributed by atoms with E-state index in [4.69, 9.17) is 5.73 Å². The topological polar surface area (TPSA) is 56.0 Å². The minimum atomic E-state index is 0.111. The number of halogens is 1. The molecule has 0 saturated heterocycles. The zero-order valence-corrected chi connectivity index (χ0v) is 16.5. The van der Waals surface area contributed by atoms with E-state index in [9.17, 15) is 4.79 Å². The number of nitrogens with zero attached hydrogens (tertiary/aromatic N) is 1. The van der Waals surface area contributed by atoms with Gasteiger partial charge in [0.05, 0.1) is 5.69 Å². The summed E-state index contributed by atoms with van der Waals surface area (Å²) in [6, 6.07) is 12.7. The van der Waals surface area contributed by atoms with Gasteiger partial charge >= 0.3 is 0 Å². The summed E-state index contributed by atoms with van der Waals surface area (Å²) in [6.07, 6.45) is 6.43. The highest BCUT2D eigenvalue weighted by Crippen LogP contribution is 2.43. The van der Waals surface area contributed by atoms with E-state index in [1.54, 1.807) is 0 Å². The second kappa shape index (κ2) is 7.61. The second-order valence-corrected chi connectivity index (χ2v) is 8.60. The summed E-state index contributed by atoms with van der Waals surface area (Å²) in [7, 11) is 0. The first kappa shape index (κ1) is 17.9. The lowest BCUT2D eigenvalue weighted by Gasteiger charge is -2.28. The Morgan fingerprint density at radius 1 is 0.962 bits per heavy atom. The number of hydrogen-bond donors (Lipinski definition) is 1. The van der Waals surface area contributed by atoms with E-state index in [2.05, 4.69) is 51.2 Å². The molecule has 0 bridgehead atoms. The first-order chi connectivity index (χ1) is 12.7. The normalized spacial score (nSPS) is 23.0. The monoisotopic (exact) mass is 412 g/mol. The molecule has 0 aliphatic heterocycles. The number of nitrogens with two attached hydrogens (primary N) is 1. The van der Waals surface area contributed by atoms with Gasteiger partial charge in [0.2, 0.25) is 0 Å². The Hall–Kier alpha value is -1.52. The summed E-state index contributed by atoms with van der Waals surface area (Å²) >= 11 is 3.50. The molecule has 0 unspecified atom stereocenters. The van der Waals surface area contributed by atoms with Crippen LogP contribution in [0, 0.1) is 5.92 Å². The van der Waals surface area contributed by atoms with Crippen LogP contribution < -0.4 is 5.73 Å². The van der Waals surface area contributed by atoms with Crippen molar-refractivity contribution in [3.63, 3.8) is 0 Å². The van der Waals surface area contributed by atoms with Crippen LogP contribution in [-0.4, -0.2) is 10.8 Å². The maximum Gasteiger partial charge on any atom is 0.184 e. The van der Waals surface area contributed by atoms with Gasteiger partial charge in [-0.2, -0.15) is 0 Å². The van der Waals surface area contributed by atoms with Crippen molar-refractivity contribution in [1.82, 2.24) is 4.98 Å². The van der Waals surface area contributed by atoms with Crippen molar-refractivity contribution in [3.8, 4) is 0 Å². The van der Waals surface area contributed by atoms with Gasteiger partial charge in [-0.3, -0.25) is 4.79 Å². The van der Waals surface area contributed by atoms with Crippen LogP contribution in [0.5, 0.6) is 0 Å². The summed E-state index contributed by atoms with van der Waals surface area (Å²) in [5.41, 5.74) is 9.83. The lowest BCUT2D eigenvalue weighted by Crippen LogP contribution is -2.23. The fourth-order valence-electron chi connectivity index (χ4n) is 4.16. The van der Waals surface area contributed by atoms with Crippen LogP contribution >= 0.6 is 15.9 Å². The number of hydrogen-bond acceptors (Lipinski definition) is 3. The molecule has 4 rings (SSSR count). The van der Waals surface area contributed by atoms with E-state index in [1.807, 2.05) is 6.07 Å². The van der Waals surface area contributed by atoms with Crippen LogP contribution in [0.3, 0.4) is 0 Å². The fourth-order valence-corrected chi connectivity index (χ4v) is 4.43. The Kier molecular flexibility index (Phi) is 5.23. The van der Waals surface area contributed by atoms with Crippen LogP contribution in [0.1, 0.15) is 77.7 Å². The number of pyridine rings is 1. The van der Waals surface area contributed by atoms with Crippen molar-refractivity contribution in [2.24, 2.45) is 11.7 Å². The highest BCUT2D eigenvalue weighted by Gasteiger charge is 2.33. The molecule has 1 aromatic carbocycles. The number of rotatable bonds is 5. The molecule has 136 valence electrons. The van der Waals surface area contributed by atoms with E-state index >= 15 is 0 Å². The molecule has 2 saturated carbocycles. The fraction of sp³-hybridized carbons (Fsp3) is 0.455. The third kappa shape index (κ3) is 3.77. The lowest BCUT2D eigenvalue weighted by atomic mass is 9.76. The Labute approximate surface area is 163 Å². The van der Waals surface area contributed by atoms with Gasteiger partial charge in [-0.05, 0) is 79.7 Å².